The molecule has 0 radical (unpaired) electrons. The topological polar surface area (TPSA) is 107 Å². The third-order valence-electron chi connectivity index (χ3n) is 5.01. The van der Waals surface area contributed by atoms with Gasteiger partial charge >= 0.3 is 12.0 Å². The lowest BCUT2D eigenvalue weighted by molar-refractivity contribution is 0.0693. The lowest BCUT2D eigenvalue weighted by atomic mass is 10.2. The average Bonchev–Trinajstić information content (AvgIpc) is 3.14. The molecule has 3 rings (SSSR count). The Morgan fingerprint density at radius 3 is 2.69 bits per heavy atom. The second-order valence-corrected chi connectivity index (χ2v) is 8.17. The second kappa shape index (κ2) is 11.2. The molecule has 1 aromatic heterocycles. The van der Waals surface area contributed by atoms with Crippen LogP contribution in [0, 0.1) is 11.6 Å². The number of amides is 2. The first-order valence-electron chi connectivity index (χ1n) is 10.1. The number of nitrogens with zero attached hydrogens (tertiary/aromatic N) is 3. The molecule has 174 valence electrons. The molecule has 0 atom stereocenters. The quantitative estimate of drug-likeness (QED) is 0.485. The number of hydrogen-bond acceptors (Lipinski definition) is 7. The van der Waals surface area contributed by atoms with Gasteiger partial charge in [0.05, 0.1) is 0 Å². The number of benzene rings is 1. The van der Waals surface area contributed by atoms with Crippen LogP contribution >= 0.6 is 11.5 Å². The van der Waals surface area contributed by atoms with Gasteiger partial charge in [0.15, 0.2) is 5.56 Å². The van der Waals surface area contributed by atoms with Gasteiger partial charge in [-0.3, -0.25) is 5.32 Å². The van der Waals surface area contributed by atoms with Gasteiger partial charge < -0.3 is 25.0 Å². The summed E-state index contributed by atoms with van der Waals surface area (Å²) in [6.07, 6.45) is 0.767. The standard InChI is InChI=1S/C20H25F2N5O4S/c1-26-7-9-27(10-8-26)6-2-5-23-20(30)24-18-16(19(28)29)17(25-32-18)31-12-13-3-4-14(21)11-15(13)22/h3-4,11H,2,5-10,12H2,1H3,(H,28,29)(H2,23,24,30). The number of hydrogen-bond donors (Lipinski definition) is 3. The first-order chi connectivity index (χ1) is 15.3. The summed E-state index contributed by atoms with van der Waals surface area (Å²) in [5.41, 5.74) is -0.284. The van der Waals surface area contributed by atoms with E-state index in [9.17, 15) is 23.5 Å². The summed E-state index contributed by atoms with van der Waals surface area (Å²) in [5, 5.41) is 14.7. The summed E-state index contributed by atoms with van der Waals surface area (Å²) in [4.78, 5) is 28.4. The zero-order valence-electron chi connectivity index (χ0n) is 17.6. The molecule has 1 fully saturated rings. The van der Waals surface area contributed by atoms with Crippen molar-refractivity contribution < 1.29 is 28.2 Å². The summed E-state index contributed by atoms with van der Waals surface area (Å²) in [5.74, 6) is -3.14. The molecule has 2 heterocycles. The van der Waals surface area contributed by atoms with Crippen molar-refractivity contribution in [2.45, 2.75) is 13.0 Å². The monoisotopic (exact) mass is 469 g/mol. The molecular weight excluding hydrogens is 444 g/mol. The molecular formula is C20H25F2N5O4S. The van der Waals surface area contributed by atoms with Crippen molar-refractivity contribution in [2.24, 2.45) is 0 Å². The van der Waals surface area contributed by atoms with Gasteiger partial charge in [-0.2, -0.15) is 4.37 Å². The van der Waals surface area contributed by atoms with Crippen molar-refractivity contribution in [2.75, 3.05) is 51.6 Å². The van der Waals surface area contributed by atoms with E-state index in [1.807, 2.05) is 0 Å². The maximum absolute atomic E-state index is 13.7. The number of carbonyl (C=O) groups excluding carboxylic acids is 1. The number of nitrogens with one attached hydrogen (secondary N) is 2. The van der Waals surface area contributed by atoms with E-state index in [-0.39, 0.29) is 28.6 Å². The Morgan fingerprint density at radius 1 is 1.25 bits per heavy atom. The maximum atomic E-state index is 13.7. The number of piperazine rings is 1. The van der Waals surface area contributed by atoms with Crippen molar-refractivity contribution in [3.05, 3.63) is 41.0 Å². The predicted octanol–water partition coefficient (Wildman–Crippen LogP) is 2.46. The Balaban J connectivity index is 1.49. The molecule has 3 N–H and O–H groups in total. The van der Waals surface area contributed by atoms with Crippen LogP contribution in [0.2, 0.25) is 0 Å². The molecule has 1 saturated heterocycles. The van der Waals surface area contributed by atoms with Crippen LogP contribution in [0.25, 0.3) is 0 Å². The second-order valence-electron chi connectivity index (χ2n) is 7.40. The molecule has 2 amide bonds. The van der Waals surface area contributed by atoms with Crippen LogP contribution in [-0.2, 0) is 6.61 Å². The Hall–Kier alpha value is -2.83. The Labute approximate surface area is 188 Å². The predicted molar refractivity (Wildman–Crippen MR) is 115 cm³/mol. The molecule has 2 aromatic rings. The van der Waals surface area contributed by atoms with Gasteiger partial charge in [0, 0.05) is 44.4 Å². The normalized spacial score (nSPS) is 14.8. The number of ether oxygens (including phenoxy) is 1. The van der Waals surface area contributed by atoms with Gasteiger partial charge in [-0.1, -0.05) is 0 Å². The van der Waals surface area contributed by atoms with Crippen LogP contribution in [-0.4, -0.2) is 77.6 Å². The molecule has 1 aliphatic heterocycles. The SMILES string of the molecule is CN1CCN(CCCNC(=O)Nc2snc(OCc3ccc(F)cc3F)c2C(=O)O)CC1. The van der Waals surface area contributed by atoms with Crippen molar-refractivity contribution in [3.8, 4) is 5.88 Å². The van der Waals surface area contributed by atoms with Crippen molar-refractivity contribution >= 4 is 28.5 Å². The van der Waals surface area contributed by atoms with Crippen LogP contribution in [0.1, 0.15) is 22.3 Å². The van der Waals surface area contributed by atoms with E-state index in [0.29, 0.717) is 12.6 Å². The number of likely N-dealkylation sites (N-methyl/N-ethyl adjacent to an activating group) is 1. The lowest BCUT2D eigenvalue weighted by Crippen LogP contribution is -2.45. The number of carboxylic acid groups (broad SMARTS) is 1. The molecule has 0 bridgehead atoms. The fourth-order valence-corrected chi connectivity index (χ4v) is 3.88. The highest BCUT2D eigenvalue weighted by Gasteiger charge is 2.24. The highest BCUT2D eigenvalue weighted by atomic mass is 32.1. The summed E-state index contributed by atoms with van der Waals surface area (Å²) in [6, 6.07) is 2.43. The van der Waals surface area contributed by atoms with E-state index in [4.69, 9.17) is 4.74 Å². The zero-order valence-corrected chi connectivity index (χ0v) is 18.4. The fourth-order valence-electron chi connectivity index (χ4n) is 3.16. The summed E-state index contributed by atoms with van der Waals surface area (Å²) in [7, 11) is 2.09. The molecule has 0 unspecified atom stereocenters. The minimum Gasteiger partial charge on any atom is -0.477 e. The van der Waals surface area contributed by atoms with E-state index in [0.717, 1.165) is 56.7 Å². The highest BCUT2D eigenvalue weighted by molar-refractivity contribution is 7.11. The Morgan fingerprint density at radius 2 is 2.00 bits per heavy atom. The van der Waals surface area contributed by atoms with Crippen LogP contribution in [0.3, 0.4) is 0 Å². The van der Waals surface area contributed by atoms with Crippen LogP contribution < -0.4 is 15.4 Å². The van der Waals surface area contributed by atoms with E-state index in [1.165, 1.54) is 6.07 Å². The average molecular weight is 470 g/mol. The van der Waals surface area contributed by atoms with Crippen LogP contribution in [0.5, 0.6) is 5.88 Å². The largest absolute Gasteiger partial charge is 0.477 e. The third kappa shape index (κ3) is 6.58. The van der Waals surface area contributed by atoms with Gasteiger partial charge in [0.1, 0.15) is 23.2 Å². The van der Waals surface area contributed by atoms with Gasteiger partial charge in [-0.05, 0) is 43.7 Å². The maximum Gasteiger partial charge on any atom is 0.344 e. The molecule has 1 aromatic carbocycles. The van der Waals surface area contributed by atoms with E-state index >= 15 is 0 Å². The van der Waals surface area contributed by atoms with Crippen molar-refractivity contribution in [1.82, 2.24) is 19.5 Å². The minimum absolute atomic E-state index is 0.00338. The molecule has 0 saturated carbocycles. The molecule has 1 aliphatic rings. The number of aromatic carboxylic acids is 1. The minimum atomic E-state index is -1.35. The van der Waals surface area contributed by atoms with E-state index in [2.05, 4.69) is 31.9 Å². The first-order valence-corrected chi connectivity index (χ1v) is 10.9. The smallest absolute Gasteiger partial charge is 0.344 e. The molecule has 9 nitrogen and oxygen atoms in total. The number of aromatic nitrogens is 1. The molecule has 0 spiro atoms. The van der Waals surface area contributed by atoms with Crippen LogP contribution in [0.15, 0.2) is 18.2 Å². The molecule has 12 heteroatoms. The van der Waals surface area contributed by atoms with E-state index in [1.54, 1.807) is 0 Å². The van der Waals surface area contributed by atoms with E-state index < -0.39 is 23.6 Å². The van der Waals surface area contributed by atoms with Crippen molar-refractivity contribution in [1.29, 1.82) is 0 Å². The first kappa shape index (κ1) is 23.8. The number of carbonyl (C=O) groups is 2. The summed E-state index contributed by atoms with van der Waals surface area (Å²) < 4.78 is 36.0. The Bertz CT molecular complexity index is 950. The van der Waals surface area contributed by atoms with Gasteiger partial charge in [0.2, 0.25) is 5.88 Å². The Kier molecular flexibility index (Phi) is 8.31. The lowest BCUT2D eigenvalue weighted by Gasteiger charge is -2.32. The number of carboxylic acids is 1. The number of rotatable bonds is 9. The highest BCUT2D eigenvalue weighted by Crippen LogP contribution is 2.31. The summed E-state index contributed by atoms with van der Waals surface area (Å²) in [6.45, 7) is 5.00. The van der Waals surface area contributed by atoms with Crippen molar-refractivity contribution in [3.63, 3.8) is 0 Å². The molecule has 0 aliphatic carbocycles. The number of anilines is 1. The number of halogens is 2. The van der Waals surface area contributed by atoms with Crippen LogP contribution in [0.4, 0.5) is 18.6 Å². The number of urea groups is 1. The van der Waals surface area contributed by atoms with Gasteiger partial charge in [-0.25, -0.2) is 18.4 Å². The van der Waals surface area contributed by atoms with Gasteiger partial charge in [-0.15, -0.1) is 0 Å². The summed E-state index contributed by atoms with van der Waals surface area (Å²) >= 11 is 0.742. The van der Waals surface area contributed by atoms with Gasteiger partial charge in [0.25, 0.3) is 0 Å². The molecule has 32 heavy (non-hydrogen) atoms. The zero-order chi connectivity index (χ0) is 23.1. The fraction of sp³-hybridized carbons (Fsp3) is 0.450. The third-order valence-corrected chi connectivity index (χ3v) is 5.76.